The number of hydrogen-bond donors (Lipinski definition) is 2. The maximum Gasteiger partial charge on any atom is 0.414 e. The number of carbonyl (C=O) groups excluding carboxylic acids is 3. The van der Waals surface area contributed by atoms with Gasteiger partial charge in [-0.25, -0.2) is 13.2 Å². The molecule has 12 heteroatoms. The highest BCUT2D eigenvalue weighted by atomic mass is 32.2. The quantitative estimate of drug-likeness (QED) is 0.509. The van der Waals surface area contributed by atoms with Crippen molar-refractivity contribution in [3.63, 3.8) is 0 Å². The van der Waals surface area contributed by atoms with E-state index in [0.717, 1.165) is 29.8 Å². The lowest BCUT2D eigenvalue weighted by molar-refractivity contribution is 0.0924. The van der Waals surface area contributed by atoms with Crippen LogP contribution in [0.4, 0.5) is 9.80 Å². The highest BCUT2D eigenvalue weighted by Crippen LogP contribution is 2.38. The predicted octanol–water partition coefficient (Wildman–Crippen LogP) is 4.07. The molecular formula is C27H36N4O6S2. The first kappa shape index (κ1) is 29.2. The summed E-state index contributed by atoms with van der Waals surface area (Å²) in [6, 6.07) is 6.15. The smallest absolute Gasteiger partial charge is 0.414 e. The number of nitrogens with one attached hydrogen (secondary N) is 2. The molecule has 212 valence electrons. The first-order valence-corrected chi connectivity index (χ1v) is 15.5. The fourth-order valence-corrected chi connectivity index (χ4v) is 7.85. The van der Waals surface area contributed by atoms with Gasteiger partial charge in [0.1, 0.15) is 5.00 Å². The topological polar surface area (TPSA) is 125 Å². The minimum Gasteiger partial charge on any atom is -0.450 e. The molecule has 0 radical (unpaired) electrons. The number of nitrogens with zero attached hydrogens (tertiary/aromatic N) is 2. The van der Waals surface area contributed by atoms with Crippen molar-refractivity contribution in [3.8, 4) is 0 Å². The van der Waals surface area contributed by atoms with Crippen LogP contribution >= 0.6 is 11.3 Å². The zero-order chi connectivity index (χ0) is 28.3. The summed E-state index contributed by atoms with van der Waals surface area (Å²) in [6.07, 6.45) is 1.59. The van der Waals surface area contributed by atoms with Crippen molar-refractivity contribution in [2.45, 2.75) is 64.4 Å². The van der Waals surface area contributed by atoms with Crippen molar-refractivity contribution in [2.75, 3.05) is 31.6 Å². The molecule has 0 bridgehead atoms. The summed E-state index contributed by atoms with van der Waals surface area (Å²) in [5.41, 5.74) is 1.33. The average molecular weight is 577 g/mol. The number of imide groups is 1. The maximum atomic E-state index is 13.2. The van der Waals surface area contributed by atoms with Gasteiger partial charge in [0.2, 0.25) is 10.0 Å². The lowest BCUT2D eigenvalue weighted by Crippen LogP contribution is -2.39. The van der Waals surface area contributed by atoms with Crippen LogP contribution in [-0.4, -0.2) is 67.8 Å². The van der Waals surface area contributed by atoms with E-state index >= 15 is 0 Å². The largest absolute Gasteiger partial charge is 0.450 e. The summed E-state index contributed by atoms with van der Waals surface area (Å²) in [5.74, 6) is -0.801. The zero-order valence-electron chi connectivity index (χ0n) is 22.8. The fourth-order valence-electron chi connectivity index (χ4n) is 4.98. The first-order valence-electron chi connectivity index (χ1n) is 13.3. The van der Waals surface area contributed by atoms with Gasteiger partial charge >= 0.3 is 6.09 Å². The minimum absolute atomic E-state index is 0.121. The van der Waals surface area contributed by atoms with Crippen molar-refractivity contribution < 1.29 is 27.5 Å². The van der Waals surface area contributed by atoms with E-state index in [1.807, 2.05) is 6.92 Å². The SMILES string of the molecule is CCOC(=O)NC(=O)c1c(NC(=O)c2ccc(S(=O)(=O)N3CCCC(C)C3)cc2)sc2c1CCN(C(C)C)C2. The van der Waals surface area contributed by atoms with Crippen LogP contribution in [0.3, 0.4) is 0 Å². The van der Waals surface area contributed by atoms with E-state index < -0.39 is 27.9 Å². The second-order valence-electron chi connectivity index (χ2n) is 10.3. The molecule has 4 rings (SSSR count). The lowest BCUT2D eigenvalue weighted by Gasteiger charge is -2.30. The Labute approximate surface area is 233 Å². The molecule has 1 aromatic heterocycles. The van der Waals surface area contributed by atoms with E-state index in [2.05, 4.69) is 29.4 Å². The van der Waals surface area contributed by atoms with Crippen LogP contribution in [0.15, 0.2) is 29.2 Å². The molecule has 3 amide bonds. The number of benzene rings is 1. The molecule has 1 unspecified atom stereocenters. The number of rotatable bonds is 7. The Bertz CT molecular complexity index is 1340. The van der Waals surface area contributed by atoms with Crippen LogP contribution in [0.2, 0.25) is 0 Å². The number of thiophene rings is 1. The molecule has 1 atom stereocenters. The summed E-state index contributed by atoms with van der Waals surface area (Å²) in [4.78, 5) is 41.6. The Kier molecular flexibility index (Phi) is 9.10. The van der Waals surface area contributed by atoms with E-state index in [9.17, 15) is 22.8 Å². The van der Waals surface area contributed by atoms with Gasteiger partial charge in [0.15, 0.2) is 0 Å². The third-order valence-electron chi connectivity index (χ3n) is 7.14. The average Bonchev–Trinajstić information content (AvgIpc) is 3.25. The summed E-state index contributed by atoms with van der Waals surface area (Å²) >= 11 is 1.31. The van der Waals surface area contributed by atoms with Crippen LogP contribution in [0.1, 0.15) is 71.7 Å². The molecule has 2 aromatic rings. The number of sulfonamides is 1. The van der Waals surface area contributed by atoms with Gasteiger partial charge in [-0.3, -0.25) is 19.8 Å². The predicted molar refractivity (Wildman–Crippen MR) is 150 cm³/mol. The molecule has 39 heavy (non-hydrogen) atoms. The van der Waals surface area contributed by atoms with Crippen molar-refractivity contribution >= 4 is 44.3 Å². The van der Waals surface area contributed by atoms with Crippen molar-refractivity contribution in [1.29, 1.82) is 0 Å². The Morgan fingerprint density at radius 1 is 1.13 bits per heavy atom. The Balaban J connectivity index is 1.57. The third kappa shape index (κ3) is 6.51. The number of fused-ring (bicyclic) bond motifs is 1. The third-order valence-corrected chi connectivity index (χ3v) is 10.1. The maximum absolute atomic E-state index is 13.2. The second-order valence-corrected chi connectivity index (χ2v) is 13.3. The molecule has 3 heterocycles. The van der Waals surface area contributed by atoms with Gasteiger partial charge in [-0.15, -0.1) is 11.3 Å². The van der Waals surface area contributed by atoms with Crippen molar-refractivity contribution in [2.24, 2.45) is 5.92 Å². The molecule has 2 aliphatic rings. The molecular weight excluding hydrogens is 540 g/mol. The Hall–Kier alpha value is -2.80. The van der Waals surface area contributed by atoms with E-state index in [-0.39, 0.29) is 22.6 Å². The van der Waals surface area contributed by atoms with Crippen LogP contribution in [0.5, 0.6) is 0 Å². The highest BCUT2D eigenvalue weighted by Gasteiger charge is 2.31. The molecule has 1 aromatic carbocycles. The van der Waals surface area contributed by atoms with Gasteiger partial charge in [0.05, 0.1) is 17.1 Å². The molecule has 0 aliphatic carbocycles. The molecule has 0 saturated carbocycles. The van der Waals surface area contributed by atoms with E-state index in [4.69, 9.17) is 4.74 Å². The van der Waals surface area contributed by atoms with Gasteiger partial charge in [0, 0.05) is 42.7 Å². The molecule has 0 spiro atoms. The number of piperidine rings is 1. The summed E-state index contributed by atoms with van der Waals surface area (Å²) in [7, 11) is -3.64. The van der Waals surface area contributed by atoms with E-state index in [1.165, 1.54) is 39.9 Å². The lowest BCUT2D eigenvalue weighted by atomic mass is 10.0. The monoisotopic (exact) mass is 576 g/mol. The van der Waals surface area contributed by atoms with Crippen LogP contribution in [0, 0.1) is 5.92 Å². The minimum atomic E-state index is -3.64. The number of amides is 3. The van der Waals surface area contributed by atoms with Crippen LogP contribution in [0.25, 0.3) is 0 Å². The second kappa shape index (κ2) is 12.2. The standard InChI is InChI=1S/C27H36N4O6S2/c1-5-37-27(34)29-25(33)23-21-12-14-30(17(2)3)16-22(21)38-26(23)28-24(32)19-8-10-20(11-9-19)39(35,36)31-13-6-7-18(4)15-31/h8-11,17-18H,5-7,12-16H2,1-4H3,(H,28,32)(H,29,33,34). The van der Waals surface area contributed by atoms with Gasteiger partial charge in [-0.2, -0.15) is 4.31 Å². The summed E-state index contributed by atoms with van der Waals surface area (Å²) in [5, 5.41) is 5.42. The number of ether oxygens (including phenoxy) is 1. The summed E-state index contributed by atoms with van der Waals surface area (Å²) in [6.45, 7) is 10.4. The Morgan fingerprint density at radius 2 is 1.85 bits per heavy atom. The van der Waals surface area contributed by atoms with Crippen molar-refractivity contribution in [3.05, 3.63) is 45.8 Å². The normalized spacial score (nSPS) is 18.4. The van der Waals surface area contributed by atoms with Crippen LogP contribution < -0.4 is 10.6 Å². The summed E-state index contributed by atoms with van der Waals surface area (Å²) < 4.78 is 32.5. The fraction of sp³-hybridized carbons (Fsp3) is 0.519. The Morgan fingerprint density at radius 3 is 2.49 bits per heavy atom. The number of alkyl carbamates (subject to hydrolysis) is 1. The molecule has 1 saturated heterocycles. The number of hydrogen-bond acceptors (Lipinski definition) is 8. The van der Waals surface area contributed by atoms with E-state index in [0.29, 0.717) is 43.0 Å². The zero-order valence-corrected chi connectivity index (χ0v) is 24.4. The van der Waals surface area contributed by atoms with Gasteiger partial charge in [-0.05, 0) is 75.8 Å². The number of anilines is 1. The number of carbonyl (C=O) groups is 3. The van der Waals surface area contributed by atoms with E-state index in [1.54, 1.807) is 6.92 Å². The molecule has 2 aliphatic heterocycles. The van der Waals surface area contributed by atoms with Crippen LogP contribution in [-0.2, 0) is 27.7 Å². The highest BCUT2D eigenvalue weighted by molar-refractivity contribution is 7.89. The molecule has 2 N–H and O–H groups in total. The first-order chi connectivity index (χ1) is 18.5. The van der Waals surface area contributed by atoms with Gasteiger partial charge < -0.3 is 10.1 Å². The van der Waals surface area contributed by atoms with Gasteiger partial charge in [0.25, 0.3) is 11.8 Å². The van der Waals surface area contributed by atoms with Crippen molar-refractivity contribution in [1.82, 2.24) is 14.5 Å². The molecule has 1 fully saturated rings. The van der Waals surface area contributed by atoms with Gasteiger partial charge in [-0.1, -0.05) is 6.92 Å². The molecule has 10 nitrogen and oxygen atoms in total.